The number of hydrogen-bond acceptors (Lipinski definition) is 6. The van der Waals surface area contributed by atoms with Crippen LogP contribution in [0.15, 0.2) is 12.3 Å². The first-order valence-corrected chi connectivity index (χ1v) is 8.34. The SMILES string of the molecule is COC(=O)c1nc[c]cc1N1CCC(C)(NC(=O)OC(C)(C)C)CC1. The second-order valence-corrected chi connectivity index (χ2v) is 7.47. The van der Waals surface area contributed by atoms with Crippen LogP contribution in [-0.2, 0) is 9.47 Å². The molecule has 2 heterocycles. The van der Waals surface area contributed by atoms with E-state index >= 15 is 0 Å². The zero-order chi connectivity index (χ0) is 18.7. The van der Waals surface area contributed by atoms with Gasteiger partial charge in [0.25, 0.3) is 0 Å². The van der Waals surface area contributed by atoms with E-state index in [1.54, 1.807) is 6.07 Å². The number of hydrogen-bond donors (Lipinski definition) is 1. The average molecular weight is 348 g/mol. The highest BCUT2D eigenvalue weighted by molar-refractivity contribution is 5.93. The predicted octanol–water partition coefficient (Wildman–Crippen LogP) is 2.55. The van der Waals surface area contributed by atoms with Crippen LogP contribution in [0.1, 0.15) is 51.0 Å². The van der Waals surface area contributed by atoms with Crippen molar-refractivity contribution in [3.8, 4) is 0 Å². The molecule has 1 aliphatic rings. The lowest BCUT2D eigenvalue weighted by Crippen LogP contribution is -2.54. The minimum atomic E-state index is -0.526. The van der Waals surface area contributed by atoms with Crippen LogP contribution in [0.2, 0.25) is 0 Å². The third-order valence-electron chi connectivity index (χ3n) is 4.12. The van der Waals surface area contributed by atoms with Gasteiger partial charge in [-0.2, -0.15) is 0 Å². The Balaban J connectivity index is 2.02. The maximum Gasteiger partial charge on any atom is 0.408 e. The summed E-state index contributed by atoms with van der Waals surface area (Å²) >= 11 is 0. The number of aromatic nitrogens is 1. The summed E-state index contributed by atoms with van der Waals surface area (Å²) in [5.74, 6) is -0.468. The lowest BCUT2D eigenvalue weighted by Gasteiger charge is -2.41. The molecule has 7 heteroatoms. The fourth-order valence-corrected chi connectivity index (χ4v) is 2.76. The Morgan fingerprint density at radius 1 is 1.32 bits per heavy atom. The predicted molar refractivity (Wildman–Crippen MR) is 93.6 cm³/mol. The summed E-state index contributed by atoms with van der Waals surface area (Å²) in [6.45, 7) is 8.87. The van der Waals surface area contributed by atoms with Crippen molar-refractivity contribution >= 4 is 17.7 Å². The molecule has 0 spiro atoms. The topological polar surface area (TPSA) is 80.8 Å². The molecule has 1 aliphatic heterocycles. The van der Waals surface area contributed by atoms with Crippen molar-refractivity contribution in [3.05, 3.63) is 24.0 Å². The van der Waals surface area contributed by atoms with Crippen molar-refractivity contribution in [3.63, 3.8) is 0 Å². The highest BCUT2D eigenvalue weighted by Crippen LogP contribution is 2.28. The van der Waals surface area contributed by atoms with E-state index in [4.69, 9.17) is 9.47 Å². The number of carbonyl (C=O) groups excluding carboxylic acids is 2. The molecular formula is C18H26N3O4. The van der Waals surface area contributed by atoms with Gasteiger partial charge in [-0.15, -0.1) is 0 Å². The summed E-state index contributed by atoms with van der Waals surface area (Å²) < 4.78 is 10.1. The summed E-state index contributed by atoms with van der Waals surface area (Å²) in [5.41, 5.74) is 0.108. The fraction of sp³-hybridized carbons (Fsp3) is 0.611. The van der Waals surface area contributed by atoms with E-state index in [9.17, 15) is 9.59 Å². The van der Waals surface area contributed by atoms with Gasteiger partial charge in [-0.05, 0) is 46.6 Å². The van der Waals surface area contributed by atoms with Gasteiger partial charge in [-0.25, -0.2) is 14.6 Å². The number of piperidine rings is 1. The molecule has 1 aromatic rings. The third-order valence-corrected chi connectivity index (χ3v) is 4.12. The summed E-state index contributed by atoms with van der Waals surface area (Å²) in [7, 11) is 1.34. The lowest BCUT2D eigenvalue weighted by molar-refractivity contribution is 0.0448. The molecule has 2 rings (SSSR count). The Labute approximate surface area is 148 Å². The minimum Gasteiger partial charge on any atom is -0.464 e. The summed E-state index contributed by atoms with van der Waals surface area (Å²) in [5, 5.41) is 2.97. The van der Waals surface area contributed by atoms with Gasteiger partial charge < -0.3 is 19.7 Å². The number of anilines is 1. The van der Waals surface area contributed by atoms with Gasteiger partial charge in [-0.3, -0.25) is 0 Å². The molecule has 1 saturated heterocycles. The van der Waals surface area contributed by atoms with Crippen LogP contribution in [0.3, 0.4) is 0 Å². The molecule has 7 nitrogen and oxygen atoms in total. The first-order chi connectivity index (χ1) is 11.6. The molecule has 1 radical (unpaired) electrons. The fourth-order valence-electron chi connectivity index (χ4n) is 2.76. The number of carbonyl (C=O) groups is 2. The molecule has 0 atom stereocenters. The summed E-state index contributed by atoms with van der Waals surface area (Å²) in [6, 6.07) is 4.65. The second kappa shape index (κ2) is 7.29. The van der Waals surface area contributed by atoms with Crippen molar-refractivity contribution in [1.29, 1.82) is 0 Å². The molecule has 0 saturated carbocycles. The van der Waals surface area contributed by atoms with Crippen molar-refractivity contribution in [2.75, 3.05) is 25.1 Å². The molecule has 1 N–H and O–H groups in total. The van der Waals surface area contributed by atoms with Crippen LogP contribution in [0.25, 0.3) is 0 Å². The molecule has 1 amide bonds. The number of ether oxygens (including phenoxy) is 2. The molecule has 0 aromatic carbocycles. The number of rotatable bonds is 3. The van der Waals surface area contributed by atoms with Gasteiger partial charge >= 0.3 is 12.1 Å². The number of nitrogens with zero attached hydrogens (tertiary/aromatic N) is 2. The van der Waals surface area contributed by atoms with Crippen LogP contribution in [0, 0.1) is 6.07 Å². The molecule has 1 aromatic heterocycles. The van der Waals surface area contributed by atoms with E-state index in [-0.39, 0.29) is 11.2 Å². The largest absolute Gasteiger partial charge is 0.464 e. The van der Waals surface area contributed by atoms with E-state index in [0.717, 1.165) is 12.8 Å². The maximum atomic E-state index is 12.0. The Morgan fingerprint density at radius 3 is 2.52 bits per heavy atom. The molecule has 25 heavy (non-hydrogen) atoms. The molecule has 1 fully saturated rings. The van der Waals surface area contributed by atoms with E-state index < -0.39 is 17.7 Å². The van der Waals surface area contributed by atoms with Crippen molar-refractivity contribution < 1.29 is 19.1 Å². The van der Waals surface area contributed by atoms with Crippen LogP contribution in [-0.4, -0.2) is 48.4 Å². The Kier molecular flexibility index (Phi) is 5.55. The van der Waals surface area contributed by atoms with Crippen LogP contribution in [0.5, 0.6) is 0 Å². The monoisotopic (exact) mass is 348 g/mol. The van der Waals surface area contributed by atoms with Gasteiger partial charge in [0.05, 0.1) is 12.8 Å². The first-order valence-electron chi connectivity index (χ1n) is 8.34. The van der Waals surface area contributed by atoms with Crippen molar-refractivity contribution in [2.24, 2.45) is 0 Å². The summed E-state index contributed by atoms with van der Waals surface area (Å²) in [4.78, 5) is 30.1. The second-order valence-electron chi connectivity index (χ2n) is 7.47. The molecule has 0 unspecified atom stereocenters. The maximum absolute atomic E-state index is 12.0. The van der Waals surface area contributed by atoms with Gasteiger partial charge in [0, 0.05) is 30.9 Å². The van der Waals surface area contributed by atoms with Crippen molar-refractivity contribution in [1.82, 2.24) is 10.3 Å². The number of pyridine rings is 1. The number of alkyl carbamates (subject to hydrolysis) is 1. The number of amides is 1. The van der Waals surface area contributed by atoms with Gasteiger partial charge in [0.1, 0.15) is 5.60 Å². The Morgan fingerprint density at radius 2 is 1.96 bits per heavy atom. The molecule has 0 bridgehead atoms. The number of esters is 1. The Bertz CT molecular complexity index is 631. The van der Waals surface area contributed by atoms with E-state index in [1.807, 2.05) is 27.7 Å². The number of methoxy groups -OCH3 is 1. The van der Waals surface area contributed by atoms with E-state index in [2.05, 4.69) is 21.3 Å². The zero-order valence-electron chi connectivity index (χ0n) is 15.5. The smallest absolute Gasteiger partial charge is 0.408 e. The average Bonchev–Trinajstić information content (AvgIpc) is 2.52. The van der Waals surface area contributed by atoms with Gasteiger partial charge in [0.15, 0.2) is 5.69 Å². The highest BCUT2D eigenvalue weighted by Gasteiger charge is 2.34. The third kappa shape index (κ3) is 5.08. The van der Waals surface area contributed by atoms with Gasteiger partial charge in [0.2, 0.25) is 0 Å². The minimum absolute atomic E-state index is 0.282. The van der Waals surface area contributed by atoms with Crippen molar-refractivity contribution in [2.45, 2.75) is 51.7 Å². The number of nitrogens with one attached hydrogen (secondary N) is 1. The highest BCUT2D eigenvalue weighted by atomic mass is 16.6. The van der Waals surface area contributed by atoms with Crippen LogP contribution < -0.4 is 10.2 Å². The zero-order valence-corrected chi connectivity index (χ0v) is 15.5. The van der Waals surface area contributed by atoms with Crippen LogP contribution in [0.4, 0.5) is 10.5 Å². The van der Waals surface area contributed by atoms with Gasteiger partial charge in [-0.1, -0.05) is 0 Å². The van der Waals surface area contributed by atoms with Crippen LogP contribution >= 0.6 is 0 Å². The molecule has 137 valence electrons. The summed E-state index contributed by atoms with van der Waals surface area (Å²) in [6.07, 6.45) is 2.49. The normalized spacial score (nSPS) is 16.9. The Hall–Kier alpha value is -2.31. The quantitative estimate of drug-likeness (QED) is 0.846. The molecule has 0 aliphatic carbocycles. The van der Waals surface area contributed by atoms with E-state index in [0.29, 0.717) is 18.8 Å². The lowest BCUT2D eigenvalue weighted by atomic mass is 9.89. The standard InChI is InChI=1S/C18H26N3O4/c1-17(2,3)25-16(23)20-18(4)8-11-21(12-9-18)13-7-6-10-19-14(13)15(22)24-5/h7,10H,8-9,11-12H2,1-5H3,(H,20,23). The molecular weight excluding hydrogens is 322 g/mol. The van der Waals surface area contributed by atoms with E-state index in [1.165, 1.54) is 13.3 Å². The first kappa shape index (κ1) is 19.0.